The zero-order valence-electron chi connectivity index (χ0n) is 19.7. The summed E-state index contributed by atoms with van der Waals surface area (Å²) in [6.07, 6.45) is 1.84. The second-order valence-electron chi connectivity index (χ2n) is 8.98. The van der Waals surface area contributed by atoms with Crippen LogP contribution < -0.4 is 10.2 Å². The number of thiocarbonyl (C=S) groups is 1. The third kappa shape index (κ3) is 3.99. The zero-order valence-corrected chi connectivity index (χ0v) is 21.3. The van der Waals surface area contributed by atoms with E-state index < -0.39 is 0 Å². The summed E-state index contributed by atoms with van der Waals surface area (Å²) >= 11 is 12.1. The average molecular weight is 487 g/mol. The van der Waals surface area contributed by atoms with Gasteiger partial charge in [-0.3, -0.25) is 4.98 Å². The first-order valence-corrected chi connectivity index (χ1v) is 12.2. The predicted octanol–water partition coefficient (Wildman–Crippen LogP) is 6.94. The van der Waals surface area contributed by atoms with Crippen LogP contribution in [-0.2, 0) is 0 Å². The number of hydrogen-bond acceptors (Lipinski definition) is 2. The smallest absolute Gasteiger partial charge is 0.174 e. The van der Waals surface area contributed by atoms with Gasteiger partial charge in [0.05, 0.1) is 17.8 Å². The normalized spacial score (nSPS) is 17.8. The van der Waals surface area contributed by atoms with Crippen molar-refractivity contribution in [2.45, 2.75) is 39.8 Å². The Bertz CT molecular complexity index is 1340. The van der Waals surface area contributed by atoms with Crippen molar-refractivity contribution in [1.29, 1.82) is 0 Å². The van der Waals surface area contributed by atoms with Crippen molar-refractivity contribution in [3.05, 3.63) is 112 Å². The molecule has 0 amide bonds. The van der Waals surface area contributed by atoms with Crippen molar-refractivity contribution in [3.63, 3.8) is 0 Å². The molecular formula is C28H27ClN4S. The van der Waals surface area contributed by atoms with Gasteiger partial charge in [0, 0.05) is 34.0 Å². The molecule has 172 valence electrons. The van der Waals surface area contributed by atoms with E-state index in [0.29, 0.717) is 5.11 Å². The lowest BCUT2D eigenvalue weighted by Crippen LogP contribution is -2.29. The number of pyridine rings is 1. The zero-order chi connectivity index (χ0) is 24.0. The fraction of sp³-hybridized carbons (Fsp3) is 0.214. The number of hydrogen-bond donors (Lipinski definition) is 1. The van der Waals surface area contributed by atoms with Gasteiger partial charge in [0.15, 0.2) is 5.11 Å². The molecule has 5 rings (SSSR count). The van der Waals surface area contributed by atoms with Gasteiger partial charge in [0.1, 0.15) is 0 Å². The largest absolute Gasteiger partial charge is 0.351 e. The summed E-state index contributed by atoms with van der Waals surface area (Å²) in [6, 6.07) is 22.8. The third-order valence-electron chi connectivity index (χ3n) is 6.46. The van der Waals surface area contributed by atoms with Crippen molar-refractivity contribution in [1.82, 2.24) is 14.9 Å². The fourth-order valence-corrected chi connectivity index (χ4v) is 5.59. The lowest BCUT2D eigenvalue weighted by Gasteiger charge is -2.29. The number of aromatic nitrogens is 2. The summed E-state index contributed by atoms with van der Waals surface area (Å²) in [5.74, 6) is 0. The lowest BCUT2D eigenvalue weighted by molar-refractivity contribution is 0.565. The Kier molecular flexibility index (Phi) is 5.92. The van der Waals surface area contributed by atoms with Gasteiger partial charge in [-0.2, -0.15) is 0 Å². The summed E-state index contributed by atoms with van der Waals surface area (Å²) in [6.45, 7) is 8.57. The number of anilines is 1. The van der Waals surface area contributed by atoms with Gasteiger partial charge in [0.2, 0.25) is 0 Å². The summed E-state index contributed by atoms with van der Waals surface area (Å²) in [5, 5.41) is 5.02. The number of nitrogens with one attached hydrogen (secondary N) is 1. The molecule has 0 radical (unpaired) electrons. The average Bonchev–Trinajstić information content (AvgIpc) is 3.30. The Balaban J connectivity index is 1.69. The van der Waals surface area contributed by atoms with Crippen LogP contribution in [-0.4, -0.2) is 14.7 Å². The SMILES string of the molecule is Cc1cc(C)cc(N2C(=S)N[C@H](c3ccccn3)[C@@H]2c2cc(C)n(-c3ccc(Cl)cc3)c2C)c1. The molecule has 6 heteroatoms. The first-order chi connectivity index (χ1) is 16.3. The number of halogens is 1. The summed E-state index contributed by atoms with van der Waals surface area (Å²) in [5.41, 5.74) is 9.13. The van der Waals surface area contributed by atoms with E-state index in [-0.39, 0.29) is 12.1 Å². The minimum atomic E-state index is -0.0753. The maximum absolute atomic E-state index is 6.16. The van der Waals surface area contributed by atoms with Crippen LogP contribution >= 0.6 is 23.8 Å². The molecule has 0 bridgehead atoms. The van der Waals surface area contributed by atoms with E-state index in [0.717, 1.165) is 27.8 Å². The van der Waals surface area contributed by atoms with Gasteiger partial charge in [0.25, 0.3) is 0 Å². The second-order valence-corrected chi connectivity index (χ2v) is 9.80. The standard InChI is InChI=1S/C28H27ClN4S/c1-17-13-18(2)15-23(14-17)33-27(26(31-28(33)34)25-7-5-6-12-30-25)24-16-19(3)32(20(24)4)22-10-8-21(29)9-11-22/h5-16,26-27H,1-4H3,(H,31,34)/t26-,27+/m1/s1. The number of rotatable bonds is 4. The summed E-state index contributed by atoms with van der Waals surface area (Å²) in [4.78, 5) is 6.94. The van der Waals surface area contributed by atoms with Gasteiger partial charge in [-0.1, -0.05) is 23.7 Å². The molecule has 0 saturated carbocycles. The molecule has 1 N–H and O–H groups in total. The van der Waals surface area contributed by atoms with Crippen LogP contribution in [0.2, 0.25) is 5.02 Å². The minimum absolute atomic E-state index is 0.0455. The Labute approximate surface area is 211 Å². The van der Waals surface area contributed by atoms with E-state index in [1.807, 2.05) is 30.5 Å². The Morgan fingerprint density at radius 3 is 2.24 bits per heavy atom. The highest BCUT2D eigenvalue weighted by Crippen LogP contribution is 2.44. The Hall–Kier alpha value is -3.15. The van der Waals surface area contributed by atoms with E-state index in [1.165, 1.54) is 22.4 Å². The maximum Gasteiger partial charge on any atom is 0.174 e. The summed E-state index contributed by atoms with van der Waals surface area (Å²) < 4.78 is 2.28. The molecule has 2 atom stereocenters. The minimum Gasteiger partial charge on any atom is -0.351 e. The molecule has 0 unspecified atom stereocenters. The van der Waals surface area contributed by atoms with Crippen LogP contribution in [0.4, 0.5) is 5.69 Å². The molecule has 0 aliphatic carbocycles. The van der Waals surface area contributed by atoms with Crippen LogP contribution in [0, 0.1) is 27.7 Å². The summed E-state index contributed by atoms with van der Waals surface area (Å²) in [7, 11) is 0. The van der Waals surface area contributed by atoms with Crippen molar-refractivity contribution >= 4 is 34.6 Å². The molecule has 0 spiro atoms. The second kappa shape index (κ2) is 8.90. The predicted molar refractivity (Wildman–Crippen MR) is 144 cm³/mol. The third-order valence-corrected chi connectivity index (χ3v) is 7.02. The van der Waals surface area contributed by atoms with Crippen LogP contribution in [0.5, 0.6) is 0 Å². The lowest BCUT2D eigenvalue weighted by atomic mass is 9.96. The Morgan fingerprint density at radius 1 is 0.882 bits per heavy atom. The Morgan fingerprint density at radius 2 is 1.59 bits per heavy atom. The number of nitrogens with zero attached hydrogens (tertiary/aromatic N) is 3. The number of aryl methyl sites for hydroxylation is 3. The van der Waals surface area contributed by atoms with Gasteiger partial charge >= 0.3 is 0 Å². The molecule has 3 heterocycles. The van der Waals surface area contributed by atoms with Gasteiger partial charge in [-0.05, 0) is 111 Å². The molecule has 1 aliphatic heterocycles. The maximum atomic E-state index is 6.16. The van der Waals surface area contributed by atoms with E-state index in [2.05, 4.69) is 84.9 Å². The topological polar surface area (TPSA) is 33.1 Å². The van der Waals surface area contributed by atoms with Gasteiger partial charge in [-0.15, -0.1) is 0 Å². The van der Waals surface area contributed by atoms with E-state index >= 15 is 0 Å². The quantitative estimate of drug-likeness (QED) is 0.317. The van der Waals surface area contributed by atoms with E-state index in [1.54, 1.807) is 0 Å². The highest BCUT2D eigenvalue weighted by molar-refractivity contribution is 7.80. The first-order valence-electron chi connectivity index (χ1n) is 11.4. The molecule has 34 heavy (non-hydrogen) atoms. The van der Waals surface area contributed by atoms with Crippen molar-refractivity contribution < 1.29 is 0 Å². The molecule has 1 saturated heterocycles. The fourth-order valence-electron chi connectivity index (χ4n) is 5.11. The van der Waals surface area contributed by atoms with E-state index in [9.17, 15) is 0 Å². The van der Waals surface area contributed by atoms with Crippen molar-refractivity contribution in [2.75, 3.05) is 4.90 Å². The van der Waals surface area contributed by atoms with Crippen molar-refractivity contribution in [3.8, 4) is 5.69 Å². The van der Waals surface area contributed by atoms with Crippen molar-refractivity contribution in [2.24, 2.45) is 0 Å². The highest BCUT2D eigenvalue weighted by Gasteiger charge is 2.42. The van der Waals surface area contributed by atoms with Crippen LogP contribution in [0.1, 0.15) is 45.9 Å². The molecular weight excluding hydrogens is 460 g/mol. The van der Waals surface area contributed by atoms with Gasteiger partial charge < -0.3 is 14.8 Å². The molecule has 2 aromatic heterocycles. The molecule has 4 nitrogen and oxygen atoms in total. The molecule has 4 aromatic rings. The monoisotopic (exact) mass is 486 g/mol. The molecule has 2 aromatic carbocycles. The molecule has 1 fully saturated rings. The van der Waals surface area contributed by atoms with Crippen LogP contribution in [0.25, 0.3) is 5.69 Å². The first kappa shape index (κ1) is 22.6. The van der Waals surface area contributed by atoms with E-state index in [4.69, 9.17) is 28.8 Å². The van der Waals surface area contributed by atoms with Crippen LogP contribution in [0.15, 0.2) is 72.9 Å². The highest BCUT2D eigenvalue weighted by atomic mass is 35.5. The number of benzene rings is 2. The van der Waals surface area contributed by atoms with Gasteiger partial charge in [-0.25, -0.2) is 0 Å². The van der Waals surface area contributed by atoms with Crippen LogP contribution in [0.3, 0.4) is 0 Å². The molecule has 1 aliphatic rings.